The number of carbonyl (C=O) groups is 1. The number of nitrogens with zero attached hydrogens (tertiary/aromatic N) is 1. The number of ether oxygens (including phenoxy) is 3. The van der Waals surface area contributed by atoms with Crippen LogP contribution in [0.4, 0.5) is 5.13 Å². The highest BCUT2D eigenvalue weighted by atomic mass is 32.2. The van der Waals surface area contributed by atoms with Gasteiger partial charge in [-0.1, -0.05) is 11.3 Å². The normalized spacial score (nSPS) is 12.8. The molecule has 134 valence electrons. The van der Waals surface area contributed by atoms with Crippen LogP contribution in [0.1, 0.15) is 0 Å². The minimum atomic E-state index is -0.101. The molecule has 0 saturated carbocycles. The fraction of sp³-hybridized carbons (Fsp3) is 0.222. The van der Waals surface area contributed by atoms with Gasteiger partial charge >= 0.3 is 0 Å². The number of benzene rings is 2. The number of carbonyl (C=O) groups excluding carboxylic acids is 1. The van der Waals surface area contributed by atoms with Gasteiger partial charge in [-0.15, -0.1) is 11.8 Å². The first kappa shape index (κ1) is 17.0. The minimum Gasteiger partial charge on any atom is -0.497 e. The summed E-state index contributed by atoms with van der Waals surface area (Å²) in [7, 11) is 1.62. The fourth-order valence-corrected chi connectivity index (χ4v) is 4.14. The van der Waals surface area contributed by atoms with Crippen LogP contribution in [0.5, 0.6) is 17.2 Å². The molecule has 0 spiro atoms. The lowest BCUT2D eigenvalue weighted by Gasteiger charge is -2.18. The lowest BCUT2D eigenvalue weighted by atomic mass is 10.3. The zero-order valence-corrected chi connectivity index (χ0v) is 15.6. The molecule has 2 heterocycles. The van der Waals surface area contributed by atoms with Gasteiger partial charge in [-0.05, 0) is 36.4 Å². The number of thioether (sulfide) groups is 1. The summed E-state index contributed by atoms with van der Waals surface area (Å²) in [6.45, 7) is 1.11. The molecule has 0 unspecified atom stereocenters. The Morgan fingerprint density at radius 3 is 2.92 bits per heavy atom. The van der Waals surface area contributed by atoms with Crippen LogP contribution in [0, 0.1) is 0 Å². The first-order valence-electron chi connectivity index (χ1n) is 7.98. The molecule has 0 atom stereocenters. The number of amides is 1. The Kier molecular flexibility index (Phi) is 4.85. The van der Waals surface area contributed by atoms with Crippen LogP contribution in [0.2, 0.25) is 0 Å². The van der Waals surface area contributed by atoms with Gasteiger partial charge in [-0.2, -0.15) is 0 Å². The molecule has 3 aromatic rings. The number of nitrogens with one attached hydrogen (secondary N) is 1. The van der Waals surface area contributed by atoms with Crippen LogP contribution in [0.15, 0.2) is 41.3 Å². The zero-order chi connectivity index (χ0) is 17.9. The predicted molar refractivity (Wildman–Crippen MR) is 103 cm³/mol. The average molecular weight is 388 g/mol. The maximum atomic E-state index is 12.2. The number of anilines is 1. The van der Waals surface area contributed by atoms with Crippen LogP contribution in [-0.4, -0.2) is 37.0 Å². The standard InChI is InChI=1S/C18H16N2O4S2/c1-22-11-2-4-13-16(8-11)26-18(19-13)20-17(21)10-25-12-3-5-14-15(9-12)24-7-6-23-14/h2-5,8-9H,6-7,10H2,1H3,(H,19,20,21). The van der Waals surface area contributed by atoms with Gasteiger partial charge in [0.2, 0.25) is 5.91 Å². The van der Waals surface area contributed by atoms with E-state index in [-0.39, 0.29) is 5.91 Å². The lowest BCUT2D eigenvalue weighted by molar-refractivity contribution is -0.113. The Balaban J connectivity index is 1.38. The van der Waals surface area contributed by atoms with Crippen LogP contribution < -0.4 is 19.5 Å². The van der Waals surface area contributed by atoms with E-state index in [1.165, 1.54) is 23.1 Å². The van der Waals surface area contributed by atoms with E-state index in [2.05, 4.69) is 10.3 Å². The third-order valence-corrected chi connectivity index (χ3v) is 5.65. The molecule has 1 aromatic heterocycles. The van der Waals surface area contributed by atoms with Crippen molar-refractivity contribution in [2.45, 2.75) is 4.90 Å². The second-order valence-corrected chi connectivity index (χ2v) is 7.57. The first-order chi connectivity index (χ1) is 12.7. The Hall–Kier alpha value is -2.45. The van der Waals surface area contributed by atoms with E-state index < -0.39 is 0 Å². The maximum Gasteiger partial charge on any atom is 0.236 e. The first-order valence-corrected chi connectivity index (χ1v) is 9.78. The summed E-state index contributed by atoms with van der Waals surface area (Å²) < 4.78 is 17.2. The highest BCUT2D eigenvalue weighted by Gasteiger charge is 2.13. The summed E-state index contributed by atoms with van der Waals surface area (Å²) in [5.41, 5.74) is 0.839. The van der Waals surface area contributed by atoms with E-state index in [0.29, 0.717) is 24.1 Å². The lowest BCUT2D eigenvalue weighted by Crippen LogP contribution is -2.15. The van der Waals surface area contributed by atoms with Gasteiger partial charge in [-0.25, -0.2) is 4.98 Å². The van der Waals surface area contributed by atoms with Crippen molar-refractivity contribution in [1.82, 2.24) is 4.98 Å². The van der Waals surface area contributed by atoms with Crippen molar-refractivity contribution in [1.29, 1.82) is 0 Å². The number of methoxy groups -OCH3 is 1. The number of aromatic nitrogens is 1. The van der Waals surface area contributed by atoms with Crippen LogP contribution in [0.3, 0.4) is 0 Å². The van der Waals surface area contributed by atoms with Crippen LogP contribution in [0.25, 0.3) is 10.2 Å². The van der Waals surface area contributed by atoms with E-state index in [9.17, 15) is 4.79 Å². The SMILES string of the molecule is COc1ccc2nc(NC(=O)CSc3ccc4c(c3)OCCO4)sc2c1. The van der Waals surface area contributed by atoms with Gasteiger partial charge in [0.05, 0.1) is 23.1 Å². The van der Waals surface area contributed by atoms with Gasteiger partial charge in [0.15, 0.2) is 16.6 Å². The summed E-state index contributed by atoms with van der Waals surface area (Å²) in [5.74, 6) is 2.43. The Labute approximate surface area is 158 Å². The van der Waals surface area contributed by atoms with E-state index in [1.54, 1.807) is 7.11 Å². The Morgan fingerprint density at radius 1 is 1.23 bits per heavy atom. The largest absolute Gasteiger partial charge is 0.497 e. The predicted octanol–water partition coefficient (Wildman–Crippen LogP) is 3.81. The molecule has 0 aliphatic carbocycles. The van der Waals surface area contributed by atoms with Crippen LogP contribution >= 0.6 is 23.1 Å². The molecule has 2 aromatic carbocycles. The molecule has 0 saturated heterocycles. The van der Waals surface area contributed by atoms with Crippen molar-refractivity contribution < 1.29 is 19.0 Å². The van der Waals surface area contributed by atoms with Gasteiger partial charge in [0, 0.05) is 4.90 Å². The topological polar surface area (TPSA) is 69.7 Å². The Morgan fingerprint density at radius 2 is 2.08 bits per heavy atom. The monoisotopic (exact) mass is 388 g/mol. The second kappa shape index (κ2) is 7.43. The Bertz CT molecular complexity index is 958. The van der Waals surface area contributed by atoms with Crippen LogP contribution in [-0.2, 0) is 4.79 Å². The van der Waals surface area contributed by atoms with Crippen molar-refractivity contribution in [2.24, 2.45) is 0 Å². The molecule has 1 N–H and O–H groups in total. The molecule has 0 fully saturated rings. The zero-order valence-electron chi connectivity index (χ0n) is 14.0. The summed E-state index contributed by atoms with van der Waals surface area (Å²) >= 11 is 2.87. The number of hydrogen-bond donors (Lipinski definition) is 1. The van der Waals surface area contributed by atoms with E-state index in [0.717, 1.165) is 32.4 Å². The molecular formula is C18H16N2O4S2. The van der Waals surface area contributed by atoms with E-state index in [4.69, 9.17) is 14.2 Å². The molecular weight excluding hydrogens is 372 g/mol. The number of fused-ring (bicyclic) bond motifs is 2. The average Bonchev–Trinajstić information content (AvgIpc) is 3.07. The molecule has 0 radical (unpaired) electrons. The quantitative estimate of drug-likeness (QED) is 0.671. The van der Waals surface area contributed by atoms with Crippen molar-refractivity contribution in [3.05, 3.63) is 36.4 Å². The minimum absolute atomic E-state index is 0.101. The fourth-order valence-electron chi connectivity index (χ4n) is 2.50. The van der Waals surface area contributed by atoms with Crippen molar-refractivity contribution in [3.63, 3.8) is 0 Å². The second-order valence-electron chi connectivity index (χ2n) is 5.49. The molecule has 0 bridgehead atoms. The molecule has 6 nitrogen and oxygen atoms in total. The molecule has 1 aliphatic rings. The highest BCUT2D eigenvalue weighted by molar-refractivity contribution is 8.00. The van der Waals surface area contributed by atoms with Gasteiger partial charge in [-0.3, -0.25) is 4.79 Å². The van der Waals surface area contributed by atoms with Gasteiger partial charge in [0.25, 0.3) is 0 Å². The van der Waals surface area contributed by atoms with Crippen molar-refractivity contribution in [3.8, 4) is 17.2 Å². The molecule has 4 rings (SSSR count). The highest BCUT2D eigenvalue weighted by Crippen LogP contribution is 2.34. The molecule has 26 heavy (non-hydrogen) atoms. The van der Waals surface area contributed by atoms with E-state index in [1.807, 2.05) is 36.4 Å². The molecule has 8 heteroatoms. The van der Waals surface area contributed by atoms with Crippen molar-refractivity contribution >= 4 is 44.4 Å². The summed E-state index contributed by atoms with van der Waals surface area (Å²) in [6.07, 6.45) is 0. The summed E-state index contributed by atoms with van der Waals surface area (Å²) in [5, 5.41) is 3.44. The molecule has 1 amide bonds. The van der Waals surface area contributed by atoms with E-state index >= 15 is 0 Å². The van der Waals surface area contributed by atoms with Crippen molar-refractivity contribution in [2.75, 3.05) is 31.4 Å². The number of thiazole rings is 1. The maximum absolute atomic E-state index is 12.2. The third-order valence-electron chi connectivity index (χ3n) is 3.73. The van der Waals surface area contributed by atoms with Gasteiger partial charge < -0.3 is 19.5 Å². The van der Waals surface area contributed by atoms with Gasteiger partial charge in [0.1, 0.15) is 19.0 Å². The number of hydrogen-bond acceptors (Lipinski definition) is 7. The number of rotatable bonds is 5. The third kappa shape index (κ3) is 3.71. The summed E-state index contributed by atoms with van der Waals surface area (Å²) in [6, 6.07) is 11.3. The smallest absolute Gasteiger partial charge is 0.236 e. The summed E-state index contributed by atoms with van der Waals surface area (Å²) in [4.78, 5) is 17.6. The molecule has 1 aliphatic heterocycles.